The summed E-state index contributed by atoms with van der Waals surface area (Å²) in [6, 6.07) is 3.04. The smallest absolute Gasteiger partial charge is 0.341 e. The lowest BCUT2D eigenvalue weighted by Crippen LogP contribution is -2.46. The topological polar surface area (TPSA) is 65.8 Å². The summed E-state index contributed by atoms with van der Waals surface area (Å²) in [4.78, 5) is 28.0. The van der Waals surface area contributed by atoms with Gasteiger partial charge in [-0.15, -0.1) is 6.42 Å². The molecule has 1 aromatic carbocycles. The molecule has 1 aromatic heterocycles. The van der Waals surface area contributed by atoms with Crippen LogP contribution in [0.3, 0.4) is 0 Å². The van der Waals surface area contributed by atoms with Crippen molar-refractivity contribution in [1.82, 2.24) is 9.47 Å². The second-order valence-corrected chi connectivity index (χ2v) is 7.10. The van der Waals surface area contributed by atoms with Gasteiger partial charge in [0.05, 0.1) is 17.7 Å². The molecule has 1 saturated carbocycles. The van der Waals surface area contributed by atoms with Gasteiger partial charge in [0, 0.05) is 43.8 Å². The van der Waals surface area contributed by atoms with Crippen LogP contribution >= 0.6 is 0 Å². The number of aromatic carboxylic acids is 1. The zero-order valence-electron chi connectivity index (χ0n) is 14.8. The number of aromatic nitrogens is 1. The number of hydrogen-bond acceptors (Lipinski definition) is 4. The number of fused-ring (bicyclic) bond motifs is 1. The first-order valence-electron chi connectivity index (χ1n) is 9.02. The van der Waals surface area contributed by atoms with Crippen molar-refractivity contribution in [2.24, 2.45) is 0 Å². The van der Waals surface area contributed by atoms with Crippen molar-refractivity contribution >= 4 is 22.6 Å². The molecule has 2 aliphatic rings. The molecule has 0 radical (unpaired) electrons. The number of piperazine rings is 1. The maximum atomic E-state index is 14.8. The van der Waals surface area contributed by atoms with Crippen molar-refractivity contribution in [2.75, 3.05) is 37.6 Å². The zero-order valence-corrected chi connectivity index (χ0v) is 14.8. The Balaban J connectivity index is 1.78. The Morgan fingerprint density at radius 1 is 1.26 bits per heavy atom. The van der Waals surface area contributed by atoms with Gasteiger partial charge in [0.2, 0.25) is 5.43 Å². The van der Waals surface area contributed by atoms with E-state index in [0.29, 0.717) is 30.8 Å². The molecule has 1 aliphatic heterocycles. The molecule has 0 amide bonds. The Morgan fingerprint density at radius 3 is 2.56 bits per heavy atom. The van der Waals surface area contributed by atoms with Crippen molar-refractivity contribution in [3.8, 4) is 12.3 Å². The number of nitrogens with zero attached hydrogens (tertiary/aromatic N) is 3. The van der Waals surface area contributed by atoms with E-state index in [9.17, 15) is 19.1 Å². The van der Waals surface area contributed by atoms with Gasteiger partial charge in [0.1, 0.15) is 11.4 Å². The normalized spacial score (nSPS) is 17.9. The minimum absolute atomic E-state index is 0.119. The molecule has 2 fully saturated rings. The zero-order chi connectivity index (χ0) is 19.1. The number of carboxylic acid groups (broad SMARTS) is 1. The summed E-state index contributed by atoms with van der Waals surface area (Å²) in [6.07, 6.45) is 8.60. The molecule has 27 heavy (non-hydrogen) atoms. The van der Waals surface area contributed by atoms with Crippen LogP contribution in [0.4, 0.5) is 10.1 Å². The number of anilines is 1. The molecule has 0 bridgehead atoms. The van der Waals surface area contributed by atoms with E-state index in [1.54, 1.807) is 6.07 Å². The van der Waals surface area contributed by atoms with Crippen LogP contribution in [0.1, 0.15) is 29.2 Å². The summed E-state index contributed by atoms with van der Waals surface area (Å²) in [7, 11) is 0. The first-order chi connectivity index (χ1) is 13.0. The van der Waals surface area contributed by atoms with E-state index in [1.165, 1.54) is 12.3 Å². The lowest BCUT2D eigenvalue weighted by atomic mass is 10.1. The van der Waals surface area contributed by atoms with Gasteiger partial charge in [-0.05, 0) is 25.0 Å². The molecular weight excluding hydrogens is 349 g/mol. The SMILES string of the molecule is C#CCN1CCN(c2cc3c(cc2F)c(=O)c(C(=O)O)cn3C2CC2)CC1. The number of halogens is 1. The lowest BCUT2D eigenvalue weighted by Gasteiger charge is -2.35. The van der Waals surface area contributed by atoms with Crippen LogP contribution in [0, 0.1) is 18.2 Å². The summed E-state index contributed by atoms with van der Waals surface area (Å²) < 4.78 is 16.6. The highest BCUT2D eigenvalue weighted by Gasteiger charge is 2.28. The number of carbonyl (C=O) groups is 1. The van der Waals surface area contributed by atoms with Crippen LogP contribution < -0.4 is 10.3 Å². The van der Waals surface area contributed by atoms with Crippen LogP contribution in [0.2, 0.25) is 0 Å². The molecule has 0 atom stereocenters. The van der Waals surface area contributed by atoms with Gasteiger partial charge in [-0.3, -0.25) is 9.69 Å². The molecule has 1 N–H and O–H groups in total. The number of pyridine rings is 1. The van der Waals surface area contributed by atoms with E-state index in [1.807, 2.05) is 9.47 Å². The minimum Gasteiger partial charge on any atom is -0.477 e. The first-order valence-corrected chi connectivity index (χ1v) is 9.02. The molecule has 0 spiro atoms. The predicted octanol–water partition coefficient (Wildman–Crippen LogP) is 1.93. The summed E-state index contributed by atoms with van der Waals surface area (Å²) >= 11 is 0. The van der Waals surface area contributed by atoms with Crippen molar-refractivity contribution < 1.29 is 14.3 Å². The second kappa shape index (κ2) is 6.71. The Hall–Kier alpha value is -2.85. The molecule has 140 valence electrons. The van der Waals surface area contributed by atoms with Gasteiger partial charge in [-0.1, -0.05) is 5.92 Å². The van der Waals surface area contributed by atoms with Crippen LogP contribution in [-0.4, -0.2) is 53.3 Å². The molecule has 4 rings (SSSR count). The Morgan fingerprint density at radius 2 is 1.96 bits per heavy atom. The fourth-order valence-corrected chi connectivity index (χ4v) is 3.68. The van der Waals surface area contributed by atoms with E-state index in [-0.39, 0.29) is 17.0 Å². The number of benzene rings is 1. The summed E-state index contributed by atoms with van der Waals surface area (Å²) in [5.41, 5.74) is 0.0813. The fraction of sp³-hybridized carbons (Fsp3) is 0.400. The van der Waals surface area contributed by atoms with Crippen LogP contribution in [-0.2, 0) is 0 Å². The molecule has 2 aromatic rings. The molecule has 1 saturated heterocycles. The second-order valence-electron chi connectivity index (χ2n) is 7.10. The average Bonchev–Trinajstić information content (AvgIpc) is 3.48. The standard InChI is InChI=1S/C20H20FN3O3/c1-2-5-22-6-8-23(9-7-22)18-11-17-14(10-16(18)21)19(25)15(20(26)27)12-24(17)13-3-4-13/h1,10-13H,3-9H2,(H,26,27). The number of rotatable bonds is 4. The minimum atomic E-state index is -1.29. The molecule has 6 nitrogen and oxygen atoms in total. The number of hydrogen-bond donors (Lipinski definition) is 1. The average molecular weight is 369 g/mol. The third kappa shape index (κ3) is 3.17. The van der Waals surface area contributed by atoms with E-state index in [0.717, 1.165) is 25.9 Å². The largest absolute Gasteiger partial charge is 0.477 e. The quantitative estimate of drug-likeness (QED) is 0.835. The predicted molar refractivity (Wildman–Crippen MR) is 101 cm³/mol. The van der Waals surface area contributed by atoms with Gasteiger partial charge >= 0.3 is 5.97 Å². The highest BCUT2D eigenvalue weighted by atomic mass is 19.1. The molecular formula is C20H20FN3O3. The van der Waals surface area contributed by atoms with Gasteiger partial charge in [0.25, 0.3) is 0 Å². The third-order valence-electron chi connectivity index (χ3n) is 5.30. The van der Waals surface area contributed by atoms with Crippen LogP contribution in [0.25, 0.3) is 10.9 Å². The molecule has 1 aliphatic carbocycles. The number of terminal acetylenes is 1. The Labute approximate surface area is 155 Å². The Bertz CT molecular complexity index is 1010. The van der Waals surface area contributed by atoms with Crippen molar-refractivity contribution in [1.29, 1.82) is 0 Å². The van der Waals surface area contributed by atoms with Crippen molar-refractivity contribution in [3.63, 3.8) is 0 Å². The lowest BCUT2D eigenvalue weighted by molar-refractivity contribution is 0.0695. The summed E-state index contributed by atoms with van der Waals surface area (Å²) in [6.45, 7) is 3.35. The summed E-state index contributed by atoms with van der Waals surface area (Å²) in [5, 5.41) is 9.43. The molecule has 0 unspecified atom stereocenters. The van der Waals surface area contributed by atoms with Gasteiger partial charge in [-0.25, -0.2) is 9.18 Å². The van der Waals surface area contributed by atoms with E-state index >= 15 is 0 Å². The van der Waals surface area contributed by atoms with Crippen molar-refractivity contribution in [2.45, 2.75) is 18.9 Å². The van der Waals surface area contributed by atoms with Crippen molar-refractivity contribution in [3.05, 3.63) is 39.9 Å². The van der Waals surface area contributed by atoms with E-state index in [2.05, 4.69) is 10.8 Å². The van der Waals surface area contributed by atoms with Crippen LogP contribution in [0.5, 0.6) is 0 Å². The summed E-state index contributed by atoms with van der Waals surface area (Å²) in [5.74, 6) is 0.831. The fourth-order valence-electron chi connectivity index (χ4n) is 3.68. The maximum absolute atomic E-state index is 14.8. The third-order valence-corrected chi connectivity index (χ3v) is 5.30. The van der Waals surface area contributed by atoms with Crippen LogP contribution in [0.15, 0.2) is 23.1 Å². The van der Waals surface area contributed by atoms with E-state index in [4.69, 9.17) is 6.42 Å². The molecule has 7 heteroatoms. The first kappa shape index (κ1) is 17.6. The highest BCUT2D eigenvalue weighted by Crippen LogP contribution is 2.38. The molecule has 2 heterocycles. The van der Waals surface area contributed by atoms with Gasteiger partial charge in [-0.2, -0.15) is 0 Å². The highest BCUT2D eigenvalue weighted by molar-refractivity contribution is 5.93. The maximum Gasteiger partial charge on any atom is 0.341 e. The van der Waals surface area contributed by atoms with Gasteiger partial charge < -0.3 is 14.6 Å². The monoisotopic (exact) mass is 369 g/mol. The Kier molecular flexibility index (Phi) is 4.36. The van der Waals surface area contributed by atoms with E-state index < -0.39 is 17.2 Å². The number of carboxylic acids is 1. The van der Waals surface area contributed by atoms with Gasteiger partial charge in [0.15, 0.2) is 0 Å².